The number of carbonyl (C=O) groups excluding carboxylic acids is 1. The summed E-state index contributed by atoms with van der Waals surface area (Å²) in [6.07, 6.45) is 4.45. The summed E-state index contributed by atoms with van der Waals surface area (Å²) in [6, 6.07) is -1.22. The smallest absolute Gasteiger partial charge is 0.326 e. The van der Waals surface area contributed by atoms with Gasteiger partial charge in [0.1, 0.15) is 6.04 Å². The minimum atomic E-state index is -0.981. The second-order valence-corrected chi connectivity index (χ2v) is 5.50. The van der Waals surface area contributed by atoms with Crippen molar-refractivity contribution in [3.8, 4) is 0 Å². The van der Waals surface area contributed by atoms with Crippen LogP contribution < -0.4 is 10.6 Å². The van der Waals surface area contributed by atoms with Gasteiger partial charge in [-0.25, -0.2) is 9.59 Å². The predicted octanol–water partition coefficient (Wildman–Crippen LogP) is 1.27. The van der Waals surface area contributed by atoms with Crippen LogP contribution in [0.1, 0.15) is 39.5 Å². The Morgan fingerprint density at radius 1 is 1.25 bits per heavy atom. The van der Waals surface area contributed by atoms with E-state index in [1.165, 1.54) is 19.3 Å². The van der Waals surface area contributed by atoms with Crippen LogP contribution in [0.2, 0.25) is 0 Å². The van der Waals surface area contributed by atoms with Crippen LogP contribution in [0.15, 0.2) is 0 Å². The molecule has 6 heteroatoms. The lowest BCUT2D eigenvalue weighted by Crippen LogP contribution is -2.50. The molecule has 1 aliphatic heterocycles. The Morgan fingerprint density at radius 3 is 2.45 bits per heavy atom. The van der Waals surface area contributed by atoms with Gasteiger partial charge in [0.05, 0.1) is 0 Å². The second-order valence-electron chi connectivity index (χ2n) is 5.50. The van der Waals surface area contributed by atoms with Crippen LogP contribution in [0.5, 0.6) is 0 Å². The molecule has 0 saturated carbocycles. The number of carbonyl (C=O) groups is 2. The number of hydrogen-bond donors (Lipinski definition) is 3. The van der Waals surface area contributed by atoms with Crippen molar-refractivity contribution >= 4 is 12.0 Å². The summed E-state index contributed by atoms with van der Waals surface area (Å²) in [5, 5.41) is 14.4. The molecular weight excluding hydrogens is 258 g/mol. The van der Waals surface area contributed by atoms with Gasteiger partial charge < -0.3 is 20.6 Å². The fraction of sp³-hybridized carbons (Fsp3) is 0.857. The van der Waals surface area contributed by atoms with Crippen LogP contribution in [-0.2, 0) is 4.79 Å². The quantitative estimate of drug-likeness (QED) is 0.658. The van der Waals surface area contributed by atoms with Gasteiger partial charge in [-0.3, -0.25) is 0 Å². The van der Waals surface area contributed by atoms with Crippen molar-refractivity contribution < 1.29 is 14.7 Å². The molecule has 20 heavy (non-hydrogen) atoms. The number of piperidine rings is 1. The van der Waals surface area contributed by atoms with E-state index in [0.717, 1.165) is 19.6 Å². The van der Waals surface area contributed by atoms with E-state index in [9.17, 15) is 9.59 Å². The zero-order valence-electron chi connectivity index (χ0n) is 12.5. The predicted molar refractivity (Wildman–Crippen MR) is 77.7 cm³/mol. The van der Waals surface area contributed by atoms with Crippen LogP contribution in [-0.4, -0.2) is 54.2 Å². The third-order valence-corrected chi connectivity index (χ3v) is 3.93. The van der Waals surface area contributed by atoms with Crippen molar-refractivity contribution in [1.29, 1.82) is 0 Å². The number of aliphatic carboxylic acids is 1. The average Bonchev–Trinajstić information content (AvgIpc) is 2.45. The van der Waals surface area contributed by atoms with E-state index in [2.05, 4.69) is 15.5 Å². The highest BCUT2D eigenvalue weighted by molar-refractivity contribution is 5.82. The fourth-order valence-electron chi connectivity index (χ4n) is 2.39. The van der Waals surface area contributed by atoms with Gasteiger partial charge in [-0.1, -0.05) is 26.7 Å². The normalized spacial score (nSPS) is 19.1. The zero-order chi connectivity index (χ0) is 15.0. The molecule has 0 aromatic heterocycles. The molecule has 1 saturated heterocycles. The molecule has 2 amide bonds. The van der Waals surface area contributed by atoms with Crippen LogP contribution in [0.4, 0.5) is 4.79 Å². The summed E-state index contributed by atoms with van der Waals surface area (Å²) in [4.78, 5) is 25.1. The summed E-state index contributed by atoms with van der Waals surface area (Å²) in [5.74, 6) is -1.06. The van der Waals surface area contributed by atoms with Crippen molar-refractivity contribution in [3.63, 3.8) is 0 Å². The van der Waals surface area contributed by atoms with Gasteiger partial charge in [0.2, 0.25) is 0 Å². The fourth-order valence-corrected chi connectivity index (χ4v) is 2.39. The topological polar surface area (TPSA) is 81.7 Å². The van der Waals surface area contributed by atoms with E-state index < -0.39 is 18.0 Å². The molecule has 0 radical (unpaired) electrons. The third kappa shape index (κ3) is 5.77. The van der Waals surface area contributed by atoms with Crippen molar-refractivity contribution in [2.24, 2.45) is 5.92 Å². The molecule has 2 atom stereocenters. The SMILES string of the molecule is CCC(C)C(NC(=O)NCCN1CCCCC1)C(=O)O. The van der Waals surface area contributed by atoms with Crippen LogP contribution in [0.3, 0.4) is 0 Å². The van der Waals surface area contributed by atoms with E-state index in [4.69, 9.17) is 5.11 Å². The molecule has 1 fully saturated rings. The summed E-state index contributed by atoms with van der Waals surface area (Å²) in [5.41, 5.74) is 0. The highest BCUT2D eigenvalue weighted by Gasteiger charge is 2.25. The largest absolute Gasteiger partial charge is 0.480 e. The first-order chi connectivity index (χ1) is 9.54. The molecule has 0 aliphatic carbocycles. The van der Waals surface area contributed by atoms with Crippen molar-refractivity contribution in [2.75, 3.05) is 26.2 Å². The van der Waals surface area contributed by atoms with Gasteiger partial charge in [0.25, 0.3) is 0 Å². The van der Waals surface area contributed by atoms with Crippen LogP contribution in [0, 0.1) is 5.92 Å². The molecule has 0 spiro atoms. The Bertz CT molecular complexity index is 317. The van der Waals surface area contributed by atoms with E-state index in [1.54, 1.807) is 0 Å². The molecule has 116 valence electrons. The number of nitrogens with one attached hydrogen (secondary N) is 2. The van der Waals surface area contributed by atoms with E-state index in [1.807, 2.05) is 13.8 Å². The molecule has 2 unspecified atom stereocenters. The number of carboxylic acid groups (broad SMARTS) is 1. The number of carboxylic acids is 1. The van der Waals surface area contributed by atoms with Gasteiger partial charge in [-0.15, -0.1) is 0 Å². The molecular formula is C14H27N3O3. The molecule has 0 aromatic rings. The minimum absolute atomic E-state index is 0.0830. The van der Waals surface area contributed by atoms with E-state index >= 15 is 0 Å². The Labute approximate surface area is 120 Å². The molecule has 0 bridgehead atoms. The molecule has 1 heterocycles. The lowest BCUT2D eigenvalue weighted by molar-refractivity contribution is -0.140. The summed E-state index contributed by atoms with van der Waals surface area (Å²) in [6.45, 7) is 7.30. The first-order valence-electron chi connectivity index (χ1n) is 7.54. The van der Waals surface area contributed by atoms with Crippen LogP contribution in [0.25, 0.3) is 0 Å². The Hall–Kier alpha value is -1.30. The standard InChI is InChI=1S/C14H27N3O3/c1-3-11(2)12(13(18)19)16-14(20)15-7-10-17-8-5-4-6-9-17/h11-12H,3-10H2,1-2H3,(H,18,19)(H2,15,16,20). The monoisotopic (exact) mass is 285 g/mol. The average molecular weight is 285 g/mol. The molecule has 1 rings (SSSR count). The number of rotatable bonds is 7. The third-order valence-electron chi connectivity index (χ3n) is 3.93. The Morgan fingerprint density at radius 2 is 1.90 bits per heavy atom. The van der Waals surface area contributed by atoms with Gasteiger partial charge in [-0.05, 0) is 31.8 Å². The highest BCUT2D eigenvalue weighted by atomic mass is 16.4. The summed E-state index contributed by atoms with van der Waals surface area (Å²) in [7, 11) is 0. The maximum absolute atomic E-state index is 11.7. The molecule has 1 aliphatic rings. The Balaban J connectivity index is 2.25. The number of amides is 2. The summed E-state index contributed by atoms with van der Waals surface area (Å²) >= 11 is 0. The first-order valence-corrected chi connectivity index (χ1v) is 7.54. The Kier molecular flexibility index (Phi) is 7.36. The first kappa shape index (κ1) is 16.8. The molecule has 0 aromatic carbocycles. The van der Waals surface area contributed by atoms with Crippen molar-refractivity contribution in [1.82, 2.24) is 15.5 Å². The van der Waals surface area contributed by atoms with Crippen molar-refractivity contribution in [2.45, 2.75) is 45.6 Å². The maximum atomic E-state index is 11.7. The van der Waals surface area contributed by atoms with E-state index in [0.29, 0.717) is 13.0 Å². The van der Waals surface area contributed by atoms with Gasteiger partial charge in [0.15, 0.2) is 0 Å². The maximum Gasteiger partial charge on any atom is 0.326 e. The molecule has 6 nitrogen and oxygen atoms in total. The highest BCUT2D eigenvalue weighted by Crippen LogP contribution is 2.08. The van der Waals surface area contributed by atoms with Gasteiger partial charge in [-0.2, -0.15) is 0 Å². The van der Waals surface area contributed by atoms with E-state index in [-0.39, 0.29) is 5.92 Å². The lowest BCUT2D eigenvalue weighted by Gasteiger charge is -2.26. The van der Waals surface area contributed by atoms with Gasteiger partial charge in [0, 0.05) is 13.1 Å². The number of nitrogens with zero attached hydrogens (tertiary/aromatic N) is 1. The second kappa shape index (κ2) is 8.79. The minimum Gasteiger partial charge on any atom is -0.480 e. The number of hydrogen-bond acceptors (Lipinski definition) is 3. The van der Waals surface area contributed by atoms with Crippen molar-refractivity contribution in [3.05, 3.63) is 0 Å². The zero-order valence-corrected chi connectivity index (χ0v) is 12.5. The number of urea groups is 1. The van der Waals surface area contributed by atoms with Gasteiger partial charge >= 0.3 is 12.0 Å². The number of likely N-dealkylation sites (tertiary alicyclic amines) is 1. The molecule has 3 N–H and O–H groups in total. The lowest BCUT2D eigenvalue weighted by atomic mass is 9.99. The van der Waals surface area contributed by atoms with Crippen LogP contribution >= 0.6 is 0 Å². The summed E-state index contributed by atoms with van der Waals surface area (Å²) < 4.78 is 0.